The van der Waals surface area contributed by atoms with Crippen molar-refractivity contribution in [1.82, 2.24) is 5.32 Å². The number of amides is 1. The lowest BCUT2D eigenvalue weighted by molar-refractivity contribution is -0.167. The SMILES string of the molecule is C=Cc1c(Br)ccc(C[C@H](NC(=O)c2c(F)cc(N3CCOCC3C(F)(F)F)cc2F)C(=O)OC)c1C=C. The van der Waals surface area contributed by atoms with Gasteiger partial charge in [0.15, 0.2) is 0 Å². The van der Waals surface area contributed by atoms with Crippen LogP contribution in [-0.4, -0.2) is 57.0 Å². The molecule has 1 saturated heterocycles. The zero-order chi connectivity index (χ0) is 28.2. The quantitative estimate of drug-likeness (QED) is 0.328. The molecule has 204 valence electrons. The molecule has 0 radical (unpaired) electrons. The first-order valence-electron chi connectivity index (χ1n) is 11.3. The Morgan fingerprint density at radius 3 is 2.39 bits per heavy atom. The Bertz CT molecular complexity index is 1230. The number of methoxy groups -OCH3 is 1. The first kappa shape index (κ1) is 29.3. The zero-order valence-electron chi connectivity index (χ0n) is 20.2. The summed E-state index contributed by atoms with van der Waals surface area (Å²) < 4.78 is 80.5. The van der Waals surface area contributed by atoms with Crippen LogP contribution in [0.25, 0.3) is 12.2 Å². The van der Waals surface area contributed by atoms with E-state index in [0.717, 1.165) is 12.0 Å². The second kappa shape index (κ2) is 12.1. The molecule has 0 spiro atoms. The smallest absolute Gasteiger partial charge is 0.411 e. The third-order valence-corrected chi connectivity index (χ3v) is 6.73. The Hall–Kier alpha value is -3.25. The second-order valence-electron chi connectivity index (χ2n) is 8.31. The molecule has 38 heavy (non-hydrogen) atoms. The number of nitrogens with one attached hydrogen (secondary N) is 1. The first-order chi connectivity index (χ1) is 17.9. The van der Waals surface area contributed by atoms with E-state index in [1.807, 2.05) is 0 Å². The minimum atomic E-state index is -4.71. The maximum atomic E-state index is 15.0. The van der Waals surface area contributed by atoms with Crippen molar-refractivity contribution >= 4 is 45.6 Å². The summed E-state index contributed by atoms with van der Waals surface area (Å²) in [4.78, 5) is 26.1. The van der Waals surface area contributed by atoms with Crippen LogP contribution in [0, 0.1) is 11.6 Å². The van der Waals surface area contributed by atoms with Crippen molar-refractivity contribution in [3.63, 3.8) is 0 Å². The molecular weight excluding hydrogens is 579 g/mol. The van der Waals surface area contributed by atoms with E-state index in [1.54, 1.807) is 18.2 Å². The molecule has 1 N–H and O–H groups in total. The number of esters is 1. The summed E-state index contributed by atoms with van der Waals surface area (Å²) in [6.07, 6.45) is -1.72. The van der Waals surface area contributed by atoms with Crippen molar-refractivity contribution in [1.29, 1.82) is 0 Å². The Balaban J connectivity index is 1.91. The zero-order valence-corrected chi connectivity index (χ0v) is 21.8. The summed E-state index contributed by atoms with van der Waals surface area (Å²) in [5, 5.41) is 2.27. The topological polar surface area (TPSA) is 67.9 Å². The number of rotatable bonds is 8. The molecule has 1 aliphatic heterocycles. The Morgan fingerprint density at radius 2 is 1.84 bits per heavy atom. The van der Waals surface area contributed by atoms with Crippen molar-refractivity contribution in [2.75, 3.05) is 31.8 Å². The van der Waals surface area contributed by atoms with Crippen LogP contribution in [0.5, 0.6) is 0 Å². The van der Waals surface area contributed by atoms with Crippen molar-refractivity contribution in [2.45, 2.75) is 24.7 Å². The summed E-state index contributed by atoms with van der Waals surface area (Å²) in [7, 11) is 1.09. The maximum Gasteiger partial charge on any atom is 0.411 e. The number of carbonyl (C=O) groups excluding carboxylic acids is 2. The molecular formula is C26H24BrF5N2O4. The van der Waals surface area contributed by atoms with E-state index >= 15 is 0 Å². The highest BCUT2D eigenvalue weighted by Crippen LogP contribution is 2.33. The fourth-order valence-electron chi connectivity index (χ4n) is 4.19. The van der Waals surface area contributed by atoms with Gasteiger partial charge in [0.2, 0.25) is 0 Å². The van der Waals surface area contributed by atoms with Gasteiger partial charge in [0, 0.05) is 23.1 Å². The van der Waals surface area contributed by atoms with Gasteiger partial charge in [0.25, 0.3) is 5.91 Å². The summed E-state index contributed by atoms with van der Waals surface area (Å²) >= 11 is 3.39. The summed E-state index contributed by atoms with van der Waals surface area (Å²) in [5.41, 5.74) is 0.417. The van der Waals surface area contributed by atoms with E-state index in [-0.39, 0.29) is 19.6 Å². The molecule has 0 bridgehead atoms. The van der Waals surface area contributed by atoms with Crippen LogP contribution >= 0.6 is 15.9 Å². The van der Waals surface area contributed by atoms with E-state index < -0.39 is 59.6 Å². The van der Waals surface area contributed by atoms with Gasteiger partial charge in [0.1, 0.15) is 29.3 Å². The Kier molecular flexibility index (Phi) is 9.31. The second-order valence-corrected chi connectivity index (χ2v) is 9.16. The molecule has 2 atom stereocenters. The average Bonchev–Trinajstić information content (AvgIpc) is 2.87. The number of hydrogen-bond donors (Lipinski definition) is 1. The van der Waals surface area contributed by atoms with Gasteiger partial charge in [-0.15, -0.1) is 0 Å². The van der Waals surface area contributed by atoms with Gasteiger partial charge in [0.05, 0.1) is 20.3 Å². The minimum Gasteiger partial charge on any atom is -0.467 e. The lowest BCUT2D eigenvalue weighted by atomic mass is 9.95. The molecule has 2 aromatic rings. The van der Waals surface area contributed by atoms with Gasteiger partial charge in [-0.25, -0.2) is 13.6 Å². The highest BCUT2D eigenvalue weighted by atomic mass is 79.9. The average molecular weight is 603 g/mol. The number of halogens is 6. The summed E-state index contributed by atoms with van der Waals surface area (Å²) in [6.45, 7) is 6.47. The molecule has 2 aromatic carbocycles. The van der Waals surface area contributed by atoms with Crippen LogP contribution < -0.4 is 10.2 Å². The van der Waals surface area contributed by atoms with Gasteiger partial charge in [-0.1, -0.05) is 47.3 Å². The summed E-state index contributed by atoms with van der Waals surface area (Å²) in [6, 6.07) is 1.21. The maximum absolute atomic E-state index is 15.0. The normalized spacial score (nSPS) is 16.5. The van der Waals surface area contributed by atoms with E-state index in [2.05, 4.69) is 34.4 Å². The predicted molar refractivity (Wildman–Crippen MR) is 136 cm³/mol. The van der Waals surface area contributed by atoms with Crippen molar-refractivity contribution in [3.05, 3.63) is 75.8 Å². The molecule has 1 unspecified atom stereocenters. The van der Waals surface area contributed by atoms with E-state index in [4.69, 9.17) is 9.47 Å². The molecule has 12 heteroatoms. The number of benzene rings is 2. The van der Waals surface area contributed by atoms with Crippen molar-refractivity contribution in [2.24, 2.45) is 0 Å². The molecule has 0 aliphatic carbocycles. The molecule has 1 heterocycles. The van der Waals surface area contributed by atoms with Crippen LogP contribution in [0.4, 0.5) is 27.6 Å². The monoisotopic (exact) mass is 602 g/mol. The lowest BCUT2D eigenvalue weighted by Gasteiger charge is -2.38. The standard InChI is InChI=1S/C26H24BrF5N2O4/c1-4-16-14(6-7-18(27)17(16)5-2)10-21(25(36)37-3)33-24(35)23-19(28)11-15(12-20(23)29)34-8-9-38-13-22(34)26(30,31)32/h4-7,11-12,21-22H,1-2,8-10,13H2,3H3,(H,33,35)/t21-,22?/m0/s1. The van der Waals surface area contributed by atoms with Crippen LogP contribution in [0.15, 0.2) is 41.9 Å². The molecule has 1 amide bonds. The van der Waals surface area contributed by atoms with E-state index in [1.165, 1.54) is 6.08 Å². The molecule has 1 fully saturated rings. The molecule has 6 nitrogen and oxygen atoms in total. The number of ether oxygens (including phenoxy) is 2. The number of morpholine rings is 1. The van der Waals surface area contributed by atoms with Gasteiger partial charge in [-0.05, 0) is 34.9 Å². The molecule has 1 aliphatic rings. The third-order valence-electron chi connectivity index (χ3n) is 6.04. The number of alkyl halides is 3. The Morgan fingerprint density at radius 1 is 1.21 bits per heavy atom. The Labute approximate surface area is 224 Å². The van der Waals surface area contributed by atoms with Gasteiger partial charge in [-0.2, -0.15) is 13.2 Å². The van der Waals surface area contributed by atoms with Crippen LogP contribution in [0.1, 0.15) is 27.0 Å². The van der Waals surface area contributed by atoms with Gasteiger partial charge < -0.3 is 19.7 Å². The molecule has 0 aromatic heterocycles. The number of carbonyl (C=O) groups is 2. The first-order valence-corrected chi connectivity index (χ1v) is 12.1. The predicted octanol–water partition coefficient (Wildman–Crippen LogP) is 5.29. The van der Waals surface area contributed by atoms with Crippen LogP contribution in [-0.2, 0) is 20.7 Å². The number of anilines is 1. The fraction of sp³-hybridized carbons (Fsp3) is 0.308. The fourth-order valence-corrected chi connectivity index (χ4v) is 4.70. The van der Waals surface area contributed by atoms with E-state index in [0.29, 0.717) is 33.3 Å². The third kappa shape index (κ3) is 6.24. The largest absolute Gasteiger partial charge is 0.467 e. The van der Waals surface area contributed by atoms with Crippen LogP contribution in [0.2, 0.25) is 0 Å². The van der Waals surface area contributed by atoms with Crippen molar-refractivity contribution < 1.29 is 41.0 Å². The van der Waals surface area contributed by atoms with Gasteiger partial charge >= 0.3 is 12.1 Å². The number of nitrogens with zero attached hydrogens (tertiary/aromatic N) is 1. The van der Waals surface area contributed by atoms with E-state index in [9.17, 15) is 31.5 Å². The molecule has 3 rings (SSSR count). The minimum absolute atomic E-state index is 0.0742. The lowest BCUT2D eigenvalue weighted by Crippen LogP contribution is -2.53. The molecule has 0 saturated carbocycles. The van der Waals surface area contributed by atoms with Gasteiger partial charge in [-0.3, -0.25) is 4.79 Å². The van der Waals surface area contributed by atoms with Crippen molar-refractivity contribution in [3.8, 4) is 0 Å². The number of hydrogen-bond acceptors (Lipinski definition) is 5. The van der Waals surface area contributed by atoms with Crippen LogP contribution in [0.3, 0.4) is 0 Å². The highest BCUT2D eigenvalue weighted by Gasteiger charge is 2.45. The summed E-state index contributed by atoms with van der Waals surface area (Å²) in [5.74, 6) is -4.94. The highest BCUT2D eigenvalue weighted by molar-refractivity contribution is 9.10.